The van der Waals surface area contributed by atoms with Gasteiger partial charge in [0.15, 0.2) is 0 Å². The van der Waals surface area contributed by atoms with Gasteiger partial charge in [-0.1, -0.05) is 24.3 Å². The Bertz CT molecular complexity index is 1290. The van der Waals surface area contributed by atoms with Gasteiger partial charge >= 0.3 is 0 Å². The zero-order valence-corrected chi connectivity index (χ0v) is 18.4. The van der Waals surface area contributed by atoms with Crippen molar-refractivity contribution in [1.29, 1.82) is 0 Å². The van der Waals surface area contributed by atoms with E-state index in [0.717, 1.165) is 40.6 Å². The number of H-pyrrole nitrogens is 1. The Hall–Kier alpha value is -3.54. The molecule has 4 aromatic rings. The summed E-state index contributed by atoms with van der Waals surface area (Å²) in [5.41, 5.74) is 4.41. The van der Waals surface area contributed by atoms with Gasteiger partial charge in [-0.25, -0.2) is 8.78 Å². The first kappa shape index (κ1) is 21.3. The summed E-state index contributed by atoms with van der Waals surface area (Å²) in [5.74, 6) is -0.963. The second-order valence-electron chi connectivity index (χ2n) is 8.78. The van der Waals surface area contributed by atoms with Gasteiger partial charge in [-0.15, -0.1) is 0 Å². The summed E-state index contributed by atoms with van der Waals surface area (Å²) >= 11 is 0. The number of aryl methyl sites for hydroxylation is 1. The van der Waals surface area contributed by atoms with Crippen LogP contribution in [0.1, 0.15) is 51.6 Å². The van der Waals surface area contributed by atoms with Crippen molar-refractivity contribution in [1.82, 2.24) is 14.9 Å². The minimum Gasteiger partial charge on any atom is -0.351 e. The van der Waals surface area contributed by atoms with Gasteiger partial charge < -0.3 is 9.88 Å². The van der Waals surface area contributed by atoms with E-state index in [9.17, 15) is 13.6 Å². The molecule has 1 atom stereocenters. The molecule has 3 heterocycles. The molecule has 1 aliphatic rings. The van der Waals surface area contributed by atoms with Crippen LogP contribution in [0.25, 0.3) is 10.9 Å². The van der Waals surface area contributed by atoms with E-state index in [0.29, 0.717) is 18.8 Å². The van der Waals surface area contributed by atoms with Crippen LogP contribution in [0.4, 0.5) is 8.78 Å². The fraction of sp³-hybridized carbons (Fsp3) is 0.259. The van der Waals surface area contributed by atoms with Crippen molar-refractivity contribution in [3.05, 3.63) is 101 Å². The zero-order valence-electron chi connectivity index (χ0n) is 18.4. The molecule has 0 aliphatic carbocycles. The fourth-order valence-electron chi connectivity index (χ4n) is 4.68. The Morgan fingerprint density at radius 2 is 1.91 bits per heavy atom. The number of hydrogen-bond donors (Lipinski definition) is 1. The van der Waals surface area contributed by atoms with E-state index in [1.165, 1.54) is 18.2 Å². The molecule has 1 fully saturated rings. The predicted molar refractivity (Wildman–Crippen MR) is 124 cm³/mol. The summed E-state index contributed by atoms with van der Waals surface area (Å²) in [6.45, 7) is 3.35. The van der Waals surface area contributed by atoms with Crippen LogP contribution in [0.15, 0.2) is 60.8 Å². The highest BCUT2D eigenvalue weighted by Crippen LogP contribution is 2.28. The van der Waals surface area contributed by atoms with E-state index in [2.05, 4.69) is 9.97 Å². The second kappa shape index (κ2) is 8.77. The standard InChI is InChI=1S/C27H25F2N3O/c1-17-5-2-9-25-20(17)14-26(31-25)27(33)32-12-4-6-19(16-32)24-11-10-18(15-30-24)13-21-22(28)7-3-8-23(21)29/h2-3,5,7-11,14-15,19,31H,4,6,12-13,16H2,1H3. The number of carbonyl (C=O) groups excluding carboxylic acids is 1. The molecular formula is C27H25F2N3O. The number of aromatic nitrogens is 2. The topological polar surface area (TPSA) is 49.0 Å². The number of piperidine rings is 1. The monoisotopic (exact) mass is 445 g/mol. The fourth-order valence-corrected chi connectivity index (χ4v) is 4.68. The van der Waals surface area contributed by atoms with Crippen molar-refractivity contribution in [2.45, 2.75) is 32.1 Å². The number of aromatic amines is 1. The Morgan fingerprint density at radius 3 is 2.64 bits per heavy atom. The highest BCUT2D eigenvalue weighted by Gasteiger charge is 2.27. The number of likely N-dealkylation sites (tertiary alicyclic amines) is 1. The molecule has 5 rings (SSSR count). The van der Waals surface area contributed by atoms with Gasteiger partial charge in [0.1, 0.15) is 17.3 Å². The molecule has 1 saturated heterocycles. The molecular weight excluding hydrogens is 420 g/mol. The molecule has 2 aromatic carbocycles. The van der Waals surface area contributed by atoms with E-state index in [1.54, 1.807) is 6.20 Å². The van der Waals surface area contributed by atoms with Gasteiger partial charge in [-0.05, 0) is 61.2 Å². The quantitative estimate of drug-likeness (QED) is 0.434. The predicted octanol–water partition coefficient (Wildman–Crippen LogP) is 5.76. The number of halogens is 2. The molecule has 0 spiro atoms. The Kier molecular flexibility index (Phi) is 5.67. The number of hydrogen-bond acceptors (Lipinski definition) is 2. The third kappa shape index (κ3) is 4.25. The van der Waals surface area contributed by atoms with Crippen LogP contribution < -0.4 is 0 Å². The number of nitrogens with one attached hydrogen (secondary N) is 1. The highest BCUT2D eigenvalue weighted by molar-refractivity contribution is 5.98. The minimum atomic E-state index is -0.548. The average Bonchev–Trinajstić information content (AvgIpc) is 3.27. The minimum absolute atomic E-state index is 0.00180. The van der Waals surface area contributed by atoms with E-state index in [4.69, 9.17) is 0 Å². The van der Waals surface area contributed by atoms with Crippen LogP contribution in [-0.2, 0) is 6.42 Å². The van der Waals surface area contributed by atoms with E-state index >= 15 is 0 Å². The summed E-state index contributed by atoms with van der Waals surface area (Å²) in [6.07, 6.45) is 3.69. The van der Waals surface area contributed by atoms with Crippen LogP contribution in [-0.4, -0.2) is 33.9 Å². The maximum atomic E-state index is 14.0. The van der Waals surface area contributed by atoms with Crippen molar-refractivity contribution < 1.29 is 13.6 Å². The van der Waals surface area contributed by atoms with Crippen molar-refractivity contribution in [2.24, 2.45) is 0 Å². The van der Waals surface area contributed by atoms with Crippen molar-refractivity contribution in [3.63, 3.8) is 0 Å². The number of nitrogens with zero attached hydrogens (tertiary/aromatic N) is 2. The molecule has 2 aromatic heterocycles. The number of benzene rings is 2. The third-order valence-electron chi connectivity index (χ3n) is 6.53. The lowest BCUT2D eigenvalue weighted by Crippen LogP contribution is -2.39. The first-order chi connectivity index (χ1) is 16.0. The first-order valence-corrected chi connectivity index (χ1v) is 11.2. The Labute approximate surface area is 191 Å². The van der Waals surface area contributed by atoms with Crippen molar-refractivity contribution in [2.75, 3.05) is 13.1 Å². The summed E-state index contributed by atoms with van der Waals surface area (Å²) in [7, 11) is 0. The highest BCUT2D eigenvalue weighted by atomic mass is 19.1. The number of pyridine rings is 1. The summed E-state index contributed by atoms with van der Waals surface area (Å²) in [6, 6.07) is 15.6. The largest absolute Gasteiger partial charge is 0.351 e. The SMILES string of the molecule is Cc1cccc2[nH]c(C(=O)N3CCCC(c4ccc(Cc5c(F)cccc5F)cn4)C3)cc12. The van der Waals surface area contributed by atoms with E-state index < -0.39 is 11.6 Å². The molecule has 1 N–H and O–H groups in total. The lowest BCUT2D eigenvalue weighted by molar-refractivity contribution is 0.0701. The van der Waals surface area contributed by atoms with E-state index in [-0.39, 0.29) is 23.8 Å². The Morgan fingerprint density at radius 1 is 1.12 bits per heavy atom. The third-order valence-corrected chi connectivity index (χ3v) is 6.53. The molecule has 6 heteroatoms. The van der Waals surface area contributed by atoms with Crippen molar-refractivity contribution in [3.8, 4) is 0 Å². The molecule has 33 heavy (non-hydrogen) atoms. The van der Waals surface area contributed by atoms with Crippen LogP contribution in [0.5, 0.6) is 0 Å². The smallest absolute Gasteiger partial charge is 0.270 e. The van der Waals surface area contributed by atoms with Crippen LogP contribution in [0.3, 0.4) is 0 Å². The normalized spacial score (nSPS) is 16.3. The van der Waals surface area contributed by atoms with Gasteiger partial charge in [-0.2, -0.15) is 0 Å². The summed E-state index contributed by atoms with van der Waals surface area (Å²) < 4.78 is 27.9. The molecule has 0 bridgehead atoms. The Balaban J connectivity index is 1.30. The summed E-state index contributed by atoms with van der Waals surface area (Å²) in [5, 5.41) is 1.07. The van der Waals surface area contributed by atoms with Crippen LogP contribution in [0, 0.1) is 18.6 Å². The molecule has 168 valence electrons. The first-order valence-electron chi connectivity index (χ1n) is 11.2. The lowest BCUT2D eigenvalue weighted by Gasteiger charge is -2.32. The van der Waals surface area contributed by atoms with Crippen molar-refractivity contribution >= 4 is 16.8 Å². The summed E-state index contributed by atoms with van der Waals surface area (Å²) in [4.78, 5) is 22.9. The molecule has 0 radical (unpaired) electrons. The lowest BCUT2D eigenvalue weighted by atomic mass is 9.93. The van der Waals surface area contributed by atoms with Gasteiger partial charge in [0.25, 0.3) is 5.91 Å². The number of amides is 1. The van der Waals surface area contributed by atoms with Gasteiger partial charge in [-0.3, -0.25) is 9.78 Å². The maximum Gasteiger partial charge on any atom is 0.270 e. The number of fused-ring (bicyclic) bond motifs is 1. The molecule has 4 nitrogen and oxygen atoms in total. The van der Waals surface area contributed by atoms with Gasteiger partial charge in [0.05, 0.1) is 0 Å². The second-order valence-corrected chi connectivity index (χ2v) is 8.78. The van der Waals surface area contributed by atoms with Crippen LogP contribution >= 0.6 is 0 Å². The van der Waals surface area contributed by atoms with Gasteiger partial charge in [0.2, 0.25) is 0 Å². The van der Waals surface area contributed by atoms with E-state index in [1.807, 2.05) is 48.2 Å². The number of carbonyl (C=O) groups is 1. The molecule has 1 unspecified atom stereocenters. The number of rotatable bonds is 4. The van der Waals surface area contributed by atoms with Gasteiger partial charge in [0, 0.05) is 53.8 Å². The average molecular weight is 446 g/mol. The maximum absolute atomic E-state index is 14.0. The molecule has 0 saturated carbocycles. The zero-order chi connectivity index (χ0) is 22.9. The molecule has 1 amide bonds. The van der Waals surface area contributed by atoms with Crippen LogP contribution in [0.2, 0.25) is 0 Å². The molecule has 1 aliphatic heterocycles.